The second-order valence-corrected chi connectivity index (χ2v) is 22.4. The monoisotopic (exact) mass is 889 g/mol. The summed E-state index contributed by atoms with van der Waals surface area (Å²) >= 11 is 0. The quantitative estimate of drug-likeness (QED) is 0.0332. The first-order valence-corrected chi connectivity index (χ1v) is 28.6. The summed E-state index contributed by atoms with van der Waals surface area (Å²) in [6.07, 6.45) is 35.5. The second kappa shape index (κ2) is 35.5. The average molecular weight is 889 g/mol. The van der Waals surface area contributed by atoms with Gasteiger partial charge in [0.25, 0.3) is 0 Å². The molecule has 5 N–H and O–H groups in total. The van der Waals surface area contributed by atoms with Gasteiger partial charge in [-0.25, -0.2) is 0 Å². The van der Waals surface area contributed by atoms with E-state index in [1.165, 1.54) is 172 Å². The molecule has 62 heavy (non-hydrogen) atoms. The third kappa shape index (κ3) is 30.4. The molecule has 2 aromatic rings. The van der Waals surface area contributed by atoms with Crippen LogP contribution in [0.15, 0.2) is 48.5 Å². The number of rotatable bonds is 43. The van der Waals surface area contributed by atoms with Gasteiger partial charge in [-0.2, -0.15) is 0 Å². The second-order valence-electron chi connectivity index (χ2n) is 19.0. The fraction of sp³-hybridized carbons (Fsp3) is 0.778. The van der Waals surface area contributed by atoms with Gasteiger partial charge in [0.2, 0.25) is 0 Å². The number of aliphatic hydroxyl groups is 2. The molecule has 7 nitrogen and oxygen atoms in total. The Morgan fingerprint density at radius 1 is 0.452 bits per heavy atom. The van der Waals surface area contributed by atoms with Crippen molar-refractivity contribution < 1.29 is 34.4 Å². The van der Waals surface area contributed by atoms with E-state index in [1.807, 2.05) is 36.4 Å². The number of aliphatic hydroxyl groups excluding tert-OH is 2. The Hall–Kier alpha value is -1.73. The molecule has 0 fully saturated rings. The van der Waals surface area contributed by atoms with Crippen LogP contribution in [0, 0.1) is 0 Å². The zero-order valence-corrected chi connectivity index (χ0v) is 41.2. The first-order chi connectivity index (χ1) is 30.0. The molecule has 0 aliphatic heterocycles. The van der Waals surface area contributed by atoms with Crippen LogP contribution in [-0.4, -0.2) is 62.1 Å². The van der Waals surface area contributed by atoms with Gasteiger partial charge < -0.3 is 0 Å². The van der Waals surface area contributed by atoms with Gasteiger partial charge in [-0.3, -0.25) is 0 Å². The van der Waals surface area contributed by atoms with E-state index < -0.39 is 37.9 Å². The number of ether oxygens (including phenoxy) is 2. The maximum atomic E-state index is 11.5. The van der Waals surface area contributed by atoms with E-state index in [1.54, 1.807) is 0 Å². The number of hydrogen-bond acceptors (Lipinski definition) is 7. The van der Waals surface area contributed by atoms with Crippen LogP contribution in [0.5, 0.6) is 11.5 Å². The van der Waals surface area contributed by atoms with Crippen molar-refractivity contribution in [3.63, 3.8) is 0 Å². The summed E-state index contributed by atoms with van der Waals surface area (Å²) in [7, 11) is -5.48. The normalized spacial score (nSPS) is 14.0. The van der Waals surface area contributed by atoms with E-state index in [0.29, 0.717) is 17.9 Å². The molecule has 2 aromatic carbocycles. The van der Waals surface area contributed by atoms with E-state index >= 15 is 0 Å². The van der Waals surface area contributed by atoms with Crippen LogP contribution >= 0.6 is 7.28 Å². The molecule has 0 heterocycles. The van der Waals surface area contributed by atoms with Gasteiger partial charge in [0.15, 0.2) is 0 Å². The fourth-order valence-corrected chi connectivity index (χ4v) is 10.9. The van der Waals surface area contributed by atoms with E-state index in [2.05, 4.69) is 32.9 Å². The first-order valence-electron chi connectivity index (χ1n) is 26.1. The van der Waals surface area contributed by atoms with Crippen LogP contribution < -0.4 is 9.47 Å². The van der Waals surface area contributed by atoms with Crippen molar-refractivity contribution in [2.24, 2.45) is 0 Å². The Kier molecular flexibility index (Phi) is 32.3. The molecule has 0 aliphatic carbocycles. The number of unbranched alkanes of at least 4 members (excludes halogenated alkanes) is 27. The standard InChI is InChI=1S/C54H97O7P/c1-4-7-10-13-16-17-18-19-20-21-22-23-24-27-30-33-42-54(61-52-41-35-39-49(44-52)37-32-29-26-15-12-9-6-3)53(56)47-62(57,58,59)46-50(55)45-60-51-40-34-38-48(43-51)36-31-28-25-14-11-8-5-2/h34-35,38-41,43-44,50,53-59H,4-33,36-37,42,45-47H2,1-3H3. The first kappa shape index (κ1) is 56.4. The van der Waals surface area contributed by atoms with E-state index in [-0.39, 0.29) is 6.61 Å². The number of aryl methyl sites for hydroxylation is 2. The van der Waals surface area contributed by atoms with Gasteiger partial charge in [0.1, 0.15) is 0 Å². The van der Waals surface area contributed by atoms with Crippen molar-refractivity contribution in [1.82, 2.24) is 0 Å². The van der Waals surface area contributed by atoms with Gasteiger partial charge >= 0.3 is 272 Å². The zero-order valence-electron chi connectivity index (χ0n) is 40.3. The van der Waals surface area contributed by atoms with Crippen LogP contribution in [0.3, 0.4) is 0 Å². The number of hydrogen-bond donors (Lipinski definition) is 5. The predicted octanol–water partition coefficient (Wildman–Crippen LogP) is 14.7. The summed E-state index contributed by atoms with van der Waals surface area (Å²) in [6, 6.07) is 15.8. The van der Waals surface area contributed by atoms with Crippen LogP contribution in [0.1, 0.15) is 231 Å². The molecule has 0 radical (unpaired) electrons. The minimum absolute atomic E-state index is 0.207. The molecule has 0 aliphatic rings. The van der Waals surface area contributed by atoms with Gasteiger partial charge in [-0.1, -0.05) is 111 Å². The summed E-state index contributed by atoms with van der Waals surface area (Å²) < 4.78 is 12.3. The van der Waals surface area contributed by atoms with Gasteiger partial charge in [0, 0.05) is 0 Å². The molecule has 0 saturated carbocycles. The summed E-state index contributed by atoms with van der Waals surface area (Å²) in [5.41, 5.74) is 2.35. The van der Waals surface area contributed by atoms with Gasteiger partial charge in [-0.05, 0) is 0 Å². The molecule has 2 rings (SSSR count). The minimum atomic E-state index is -5.48. The predicted molar refractivity (Wildman–Crippen MR) is 266 cm³/mol. The Labute approximate surface area is 381 Å². The Bertz CT molecular complexity index is 1330. The summed E-state index contributed by atoms with van der Waals surface area (Å²) in [4.78, 5) is 33.7. The summed E-state index contributed by atoms with van der Waals surface area (Å²) in [5.74, 6) is 1.24. The van der Waals surface area contributed by atoms with Gasteiger partial charge in [-0.15, -0.1) is 0 Å². The van der Waals surface area contributed by atoms with Gasteiger partial charge in [0.05, 0.1) is 0 Å². The number of benzene rings is 2. The van der Waals surface area contributed by atoms with E-state index in [9.17, 15) is 24.9 Å². The molecule has 3 atom stereocenters. The molecule has 0 amide bonds. The van der Waals surface area contributed by atoms with Crippen molar-refractivity contribution in [2.45, 2.75) is 251 Å². The molecule has 0 bridgehead atoms. The fourth-order valence-electron chi connectivity index (χ4n) is 8.79. The zero-order chi connectivity index (χ0) is 45.0. The molecule has 8 heteroatoms. The van der Waals surface area contributed by atoms with E-state index in [0.717, 1.165) is 44.9 Å². The topological polar surface area (TPSA) is 120 Å². The molecule has 0 aromatic heterocycles. The summed E-state index contributed by atoms with van der Waals surface area (Å²) in [5, 5.41) is 22.4. The van der Waals surface area contributed by atoms with Crippen LogP contribution in [0.2, 0.25) is 0 Å². The molecule has 0 spiro atoms. The molecule has 0 saturated heterocycles. The van der Waals surface area contributed by atoms with Crippen molar-refractivity contribution >= 4 is 7.28 Å². The van der Waals surface area contributed by atoms with Crippen LogP contribution in [0.25, 0.3) is 0 Å². The van der Waals surface area contributed by atoms with Crippen molar-refractivity contribution in [1.29, 1.82) is 0 Å². The SMILES string of the molecule is CCCCCCCCCCCCCCCCCCC(Oc1cccc(CCCCCCCCC)c1)C(O)CP(O)(O)(O)CC(O)COc1cccc(CCCCCCCCC)c1. The Morgan fingerprint density at radius 2 is 0.823 bits per heavy atom. The van der Waals surface area contributed by atoms with Crippen LogP contribution in [-0.2, 0) is 12.8 Å². The molecule has 360 valence electrons. The maximum absolute atomic E-state index is 11.5. The molecular formula is C54H97O7P. The van der Waals surface area contributed by atoms with Crippen molar-refractivity contribution in [3.05, 3.63) is 59.7 Å². The average Bonchev–Trinajstić information content (AvgIpc) is 3.24. The van der Waals surface area contributed by atoms with Crippen molar-refractivity contribution in [3.8, 4) is 11.5 Å². The Morgan fingerprint density at radius 3 is 1.26 bits per heavy atom. The molecular weight excluding hydrogens is 792 g/mol. The molecule has 3 unspecified atom stereocenters. The third-order valence-corrected chi connectivity index (χ3v) is 14.9. The Balaban J connectivity index is 1.89. The van der Waals surface area contributed by atoms with E-state index in [4.69, 9.17) is 9.47 Å². The van der Waals surface area contributed by atoms with Crippen molar-refractivity contribution in [2.75, 3.05) is 18.9 Å². The van der Waals surface area contributed by atoms with Crippen LogP contribution in [0.4, 0.5) is 0 Å². The third-order valence-electron chi connectivity index (χ3n) is 12.6. The summed E-state index contributed by atoms with van der Waals surface area (Å²) in [6.45, 7) is 6.54.